The number of rotatable bonds is 12. The van der Waals surface area contributed by atoms with Crippen molar-refractivity contribution in [2.45, 2.75) is 78.1 Å². The fourth-order valence-corrected chi connectivity index (χ4v) is 10.0. The number of anilines is 2. The monoisotopic (exact) mass is 952 g/mol. The van der Waals surface area contributed by atoms with E-state index in [-0.39, 0.29) is 54.0 Å². The maximum Gasteiger partial charge on any atom is 0.410 e. The molecule has 1 amide bonds. The van der Waals surface area contributed by atoms with E-state index in [0.29, 0.717) is 86.1 Å². The first kappa shape index (κ1) is 46.5. The van der Waals surface area contributed by atoms with Gasteiger partial charge in [-0.15, -0.1) is 5.10 Å². The fraction of sp³-hybridized carbons (Fsp3) is 0.423. The second-order valence-electron chi connectivity index (χ2n) is 18.9. The Morgan fingerprint density at radius 1 is 0.829 bits per heavy atom. The number of hydrogen-bond acceptors (Lipinski definition) is 15. The Hall–Kier alpha value is -7.18. The maximum absolute atomic E-state index is 13.5. The Kier molecular flexibility index (Phi) is 13.1. The number of fused-ring (bicyclic) bond motifs is 2. The molecular weight excluding hydrogens is 893 g/mol. The molecule has 18 heteroatoms. The molecule has 10 rings (SSSR count). The Morgan fingerprint density at radius 3 is 2.34 bits per heavy atom. The molecule has 3 saturated heterocycles. The van der Waals surface area contributed by atoms with Crippen LogP contribution in [-0.2, 0) is 27.4 Å². The van der Waals surface area contributed by atoms with Gasteiger partial charge in [0, 0.05) is 67.0 Å². The van der Waals surface area contributed by atoms with E-state index in [4.69, 9.17) is 33.9 Å². The van der Waals surface area contributed by atoms with Gasteiger partial charge in [0.2, 0.25) is 5.95 Å². The van der Waals surface area contributed by atoms with Crippen LogP contribution in [0.25, 0.3) is 50.3 Å². The third-order valence-corrected chi connectivity index (χ3v) is 14.0. The average molecular weight is 953 g/mol. The van der Waals surface area contributed by atoms with Gasteiger partial charge in [0.15, 0.2) is 11.5 Å². The summed E-state index contributed by atoms with van der Waals surface area (Å²) in [5.41, 5.74) is 5.59. The number of pyridine rings is 1. The van der Waals surface area contributed by atoms with Crippen molar-refractivity contribution in [2.24, 2.45) is 5.92 Å². The first-order valence-corrected chi connectivity index (χ1v) is 24.2. The van der Waals surface area contributed by atoms with E-state index in [1.54, 1.807) is 18.1 Å². The normalized spacial score (nSPS) is 18.1. The number of phenolic OH excluding ortho intramolecular Hbond substituents is 2. The van der Waals surface area contributed by atoms with Crippen LogP contribution in [-0.4, -0.2) is 132 Å². The molecule has 70 heavy (non-hydrogen) atoms. The first-order valence-electron chi connectivity index (χ1n) is 24.2. The number of aromatic hydroxyl groups is 3. The number of amides is 1. The van der Waals surface area contributed by atoms with E-state index >= 15 is 0 Å². The van der Waals surface area contributed by atoms with Crippen LogP contribution in [0, 0.1) is 5.92 Å². The summed E-state index contributed by atoms with van der Waals surface area (Å²) >= 11 is 0. The van der Waals surface area contributed by atoms with E-state index in [1.165, 1.54) is 10.6 Å². The van der Waals surface area contributed by atoms with Crippen LogP contribution in [0.15, 0.2) is 72.9 Å². The van der Waals surface area contributed by atoms with Gasteiger partial charge < -0.3 is 53.5 Å². The molecule has 7 heterocycles. The number of phenols is 2. The third-order valence-electron chi connectivity index (χ3n) is 14.0. The summed E-state index contributed by atoms with van der Waals surface area (Å²) in [6.07, 6.45) is 4.39. The second-order valence-corrected chi connectivity index (χ2v) is 18.9. The van der Waals surface area contributed by atoms with E-state index in [2.05, 4.69) is 44.6 Å². The molecule has 366 valence electrons. The molecule has 0 saturated carbocycles. The van der Waals surface area contributed by atoms with E-state index < -0.39 is 0 Å². The summed E-state index contributed by atoms with van der Waals surface area (Å²) in [7, 11) is 1.61. The minimum Gasteiger partial charge on any atom is -0.508 e. The number of aryl methyl sites for hydroxylation is 1. The number of hydrogen-bond donors (Lipinski definition) is 3. The highest BCUT2D eigenvalue weighted by atomic mass is 16.6. The summed E-state index contributed by atoms with van der Waals surface area (Å²) in [5, 5.41) is 41.9. The van der Waals surface area contributed by atoms with Crippen LogP contribution in [0.3, 0.4) is 0 Å². The summed E-state index contributed by atoms with van der Waals surface area (Å²) in [5.74, 6) is 2.62. The molecule has 3 fully saturated rings. The molecule has 2 atom stereocenters. The third kappa shape index (κ3) is 9.20. The molecule has 0 radical (unpaired) electrons. The quantitative estimate of drug-likeness (QED) is 0.106. The Balaban J connectivity index is 0.776. The number of likely N-dealkylation sites (tertiary alicyclic amines) is 1. The second kappa shape index (κ2) is 19.7. The van der Waals surface area contributed by atoms with Crippen LogP contribution < -0.4 is 14.5 Å². The lowest BCUT2D eigenvalue weighted by atomic mass is 9.94. The van der Waals surface area contributed by atoms with Gasteiger partial charge >= 0.3 is 12.1 Å². The molecular formula is C52H60N10O8. The van der Waals surface area contributed by atoms with Crippen molar-refractivity contribution >= 4 is 39.8 Å². The fourth-order valence-electron chi connectivity index (χ4n) is 10.0. The van der Waals surface area contributed by atoms with E-state index in [0.717, 1.165) is 71.3 Å². The number of nitrogens with zero attached hydrogens (tertiary/aromatic N) is 10. The van der Waals surface area contributed by atoms with Crippen molar-refractivity contribution < 1.29 is 39.1 Å². The highest BCUT2D eigenvalue weighted by Gasteiger charge is 2.29. The number of methoxy groups -OCH3 is 1. The van der Waals surface area contributed by atoms with Gasteiger partial charge in [-0.1, -0.05) is 18.9 Å². The van der Waals surface area contributed by atoms with Crippen molar-refractivity contribution in [3.8, 4) is 51.6 Å². The molecule has 0 unspecified atom stereocenters. The SMILES string of the molecule is COc1ccc(-c2ccc3c(N4CCOC[C@@H]4C)nc(N4CCOC[C@@H]4C)nc3n2)cc1COC(=O)N1CCC(CCn2ccc3cc(-n4c(O)nnc4-c4cc(C(C)C)c(O)cc4O)ccc32)CC1. The van der Waals surface area contributed by atoms with E-state index in [1.807, 2.05) is 68.4 Å². The summed E-state index contributed by atoms with van der Waals surface area (Å²) in [4.78, 5) is 35.1. The van der Waals surface area contributed by atoms with Crippen LogP contribution in [0.5, 0.6) is 23.3 Å². The molecule has 3 aliphatic rings. The zero-order chi connectivity index (χ0) is 48.6. The number of piperidine rings is 1. The molecule has 3 aliphatic heterocycles. The highest BCUT2D eigenvalue weighted by molar-refractivity contribution is 5.90. The molecule has 4 aromatic heterocycles. The Bertz CT molecular complexity index is 3040. The van der Waals surface area contributed by atoms with Gasteiger partial charge in [-0.3, -0.25) is 0 Å². The minimum atomic E-state index is -0.350. The molecule has 0 bridgehead atoms. The van der Waals surface area contributed by atoms with Crippen LogP contribution in [0.4, 0.5) is 16.6 Å². The van der Waals surface area contributed by atoms with Gasteiger partial charge in [-0.25, -0.2) is 14.3 Å². The first-order chi connectivity index (χ1) is 33.9. The lowest BCUT2D eigenvalue weighted by molar-refractivity contribution is 0.0806. The Labute approximate surface area is 406 Å². The lowest BCUT2D eigenvalue weighted by Crippen LogP contribution is -2.46. The van der Waals surface area contributed by atoms with Gasteiger partial charge in [-0.2, -0.15) is 9.97 Å². The summed E-state index contributed by atoms with van der Waals surface area (Å²) in [6, 6.07) is 20.7. The van der Waals surface area contributed by atoms with Crippen molar-refractivity contribution in [1.82, 2.24) is 39.2 Å². The molecule has 3 N–H and O–H groups in total. The van der Waals surface area contributed by atoms with Crippen molar-refractivity contribution in [2.75, 3.05) is 69.5 Å². The maximum atomic E-state index is 13.5. The number of benzene rings is 3. The highest BCUT2D eigenvalue weighted by Crippen LogP contribution is 2.40. The van der Waals surface area contributed by atoms with Gasteiger partial charge in [0.05, 0.1) is 68.0 Å². The molecule has 0 aliphatic carbocycles. The van der Waals surface area contributed by atoms with Crippen LogP contribution >= 0.6 is 0 Å². The zero-order valence-corrected chi connectivity index (χ0v) is 40.3. The number of aromatic nitrogens is 7. The smallest absolute Gasteiger partial charge is 0.410 e. The lowest BCUT2D eigenvalue weighted by Gasteiger charge is -2.37. The number of morpholine rings is 2. The topological polar surface area (TPSA) is 199 Å². The standard InChI is InChI=1S/C52H60N10O8/c1-31(2)40-26-41(45(64)27-44(40)63)49-56-57-51(65)62(49)38-7-10-43-36(25-38)15-19-58(43)16-12-34-13-17-59(18-14-34)52(66)70-30-37-24-35(6-11-46(37)67-5)42-9-8-39-47(53-42)54-50(61-21-23-69-29-33(61)4)55-48(39)60-20-22-68-28-32(60)3/h6-11,15,19,24-27,31-34,63-64H,12-14,16-18,20-23,28-30H2,1-5H3,(H,57,65)/t32-,33-/m0/s1. The molecule has 0 spiro atoms. The predicted octanol–water partition coefficient (Wildman–Crippen LogP) is 8.03. The van der Waals surface area contributed by atoms with Crippen LogP contribution in [0.2, 0.25) is 0 Å². The zero-order valence-electron chi connectivity index (χ0n) is 40.3. The molecule has 3 aromatic carbocycles. The Morgan fingerprint density at radius 2 is 1.60 bits per heavy atom. The van der Waals surface area contributed by atoms with Crippen molar-refractivity contribution in [3.63, 3.8) is 0 Å². The number of carbonyl (C=O) groups excluding carboxylic acids is 1. The molecule has 7 aromatic rings. The van der Waals surface area contributed by atoms with Gasteiger partial charge in [0.25, 0.3) is 0 Å². The minimum absolute atomic E-state index is 0.00559. The predicted molar refractivity (Wildman–Crippen MR) is 265 cm³/mol. The largest absolute Gasteiger partial charge is 0.508 e. The van der Waals surface area contributed by atoms with Crippen molar-refractivity contribution in [1.29, 1.82) is 0 Å². The van der Waals surface area contributed by atoms with E-state index in [9.17, 15) is 20.1 Å². The summed E-state index contributed by atoms with van der Waals surface area (Å²) in [6.45, 7) is 14.1. The average Bonchev–Trinajstić information content (AvgIpc) is 3.96. The summed E-state index contributed by atoms with van der Waals surface area (Å²) < 4.78 is 26.9. The van der Waals surface area contributed by atoms with Crippen molar-refractivity contribution in [3.05, 3.63) is 84.1 Å². The molecule has 18 nitrogen and oxygen atoms in total. The number of carbonyl (C=O) groups is 1. The van der Waals surface area contributed by atoms with Crippen LogP contribution in [0.1, 0.15) is 64.0 Å². The number of ether oxygens (including phenoxy) is 4. The van der Waals surface area contributed by atoms with Gasteiger partial charge in [0.1, 0.15) is 29.7 Å². The van der Waals surface area contributed by atoms with Gasteiger partial charge in [-0.05, 0) is 111 Å².